The zero-order valence-electron chi connectivity index (χ0n) is 10.5. The van der Waals surface area contributed by atoms with Gasteiger partial charge in [-0.3, -0.25) is 0 Å². The lowest BCUT2D eigenvalue weighted by Crippen LogP contribution is -2.06. The Labute approximate surface area is 116 Å². The molecule has 0 aliphatic rings. The normalized spacial score (nSPS) is 12.2. The summed E-state index contributed by atoms with van der Waals surface area (Å²) in [4.78, 5) is 0. The van der Waals surface area contributed by atoms with Crippen molar-refractivity contribution >= 4 is 17.3 Å². The molecule has 1 atom stereocenters. The number of hydrogen-bond acceptors (Lipinski definition) is 2. The minimum atomic E-state index is -0.412. The predicted molar refractivity (Wildman–Crippen MR) is 75.8 cm³/mol. The van der Waals surface area contributed by atoms with E-state index in [9.17, 15) is 4.39 Å². The number of hydrogen-bond donors (Lipinski definition) is 2. The molecule has 0 fully saturated rings. The Morgan fingerprint density at radius 3 is 2.47 bits per heavy atom. The highest BCUT2D eigenvalue weighted by molar-refractivity contribution is 6.30. The Morgan fingerprint density at radius 1 is 1.21 bits per heavy atom. The quantitative estimate of drug-likeness (QED) is 0.881. The Hall–Kier alpha value is -1.58. The Kier molecular flexibility index (Phi) is 4.40. The fraction of sp³-hybridized carbons (Fsp3) is 0.200. The van der Waals surface area contributed by atoms with Gasteiger partial charge in [0.15, 0.2) is 0 Å². The maximum absolute atomic E-state index is 13.1. The number of nitrogens with one attached hydrogen (secondary N) is 1. The molecule has 19 heavy (non-hydrogen) atoms. The molecule has 0 aromatic heterocycles. The van der Waals surface area contributed by atoms with Crippen molar-refractivity contribution in [3.63, 3.8) is 0 Å². The predicted octanol–water partition coefficient (Wildman–Crippen LogP) is 4.14. The molecule has 0 bridgehead atoms. The van der Waals surface area contributed by atoms with Crippen LogP contribution in [-0.2, 0) is 6.61 Å². The number of rotatable bonds is 4. The van der Waals surface area contributed by atoms with Gasteiger partial charge in [0.1, 0.15) is 5.82 Å². The summed E-state index contributed by atoms with van der Waals surface area (Å²) < 4.78 is 13.1. The third-order valence-electron chi connectivity index (χ3n) is 2.96. The molecule has 0 saturated heterocycles. The van der Waals surface area contributed by atoms with Crippen molar-refractivity contribution in [1.82, 2.24) is 0 Å². The highest BCUT2D eigenvalue weighted by Crippen LogP contribution is 2.23. The van der Waals surface area contributed by atoms with E-state index in [0.29, 0.717) is 0 Å². The van der Waals surface area contributed by atoms with Crippen molar-refractivity contribution in [2.45, 2.75) is 19.6 Å². The van der Waals surface area contributed by atoms with Gasteiger partial charge in [0, 0.05) is 11.7 Å². The second-order valence-corrected chi connectivity index (χ2v) is 4.80. The Balaban J connectivity index is 2.10. The summed E-state index contributed by atoms with van der Waals surface area (Å²) in [5.74, 6) is -0.412. The zero-order chi connectivity index (χ0) is 13.8. The molecule has 100 valence electrons. The van der Waals surface area contributed by atoms with Gasteiger partial charge in [-0.1, -0.05) is 29.8 Å². The number of halogens is 2. The summed E-state index contributed by atoms with van der Waals surface area (Å²) in [6, 6.07) is 12.2. The van der Waals surface area contributed by atoms with Crippen molar-refractivity contribution < 1.29 is 9.50 Å². The molecule has 0 aliphatic carbocycles. The molecule has 0 spiro atoms. The third kappa shape index (κ3) is 3.46. The fourth-order valence-electron chi connectivity index (χ4n) is 1.82. The van der Waals surface area contributed by atoms with Crippen LogP contribution in [0.5, 0.6) is 0 Å². The van der Waals surface area contributed by atoms with E-state index in [4.69, 9.17) is 16.7 Å². The smallest absolute Gasteiger partial charge is 0.141 e. The average Bonchev–Trinajstić information content (AvgIpc) is 2.42. The fourth-order valence-corrected chi connectivity index (χ4v) is 2.01. The van der Waals surface area contributed by atoms with Crippen LogP contribution in [0.4, 0.5) is 10.1 Å². The summed E-state index contributed by atoms with van der Waals surface area (Å²) in [7, 11) is 0. The lowest BCUT2D eigenvalue weighted by Gasteiger charge is -2.16. The highest BCUT2D eigenvalue weighted by Gasteiger charge is 2.08. The molecule has 0 aliphatic heterocycles. The monoisotopic (exact) mass is 279 g/mol. The molecule has 4 heteroatoms. The van der Waals surface area contributed by atoms with Crippen LogP contribution in [0.1, 0.15) is 24.1 Å². The first kappa shape index (κ1) is 13.8. The van der Waals surface area contributed by atoms with E-state index in [1.807, 2.05) is 31.2 Å². The van der Waals surface area contributed by atoms with Crippen LogP contribution in [-0.4, -0.2) is 5.11 Å². The maximum Gasteiger partial charge on any atom is 0.141 e. The second kappa shape index (κ2) is 6.04. The standard InChI is InChI=1S/C15H15ClFNO/c1-10(12-4-7-15(17)14(16)8-12)18-13-5-2-11(9-19)3-6-13/h2-8,10,18-19H,9H2,1H3. The zero-order valence-corrected chi connectivity index (χ0v) is 11.3. The molecule has 2 rings (SSSR count). The molecule has 0 radical (unpaired) electrons. The van der Waals surface area contributed by atoms with Crippen LogP contribution < -0.4 is 5.32 Å². The lowest BCUT2D eigenvalue weighted by atomic mass is 10.1. The first-order valence-electron chi connectivity index (χ1n) is 6.01. The van der Waals surface area contributed by atoms with E-state index in [-0.39, 0.29) is 17.7 Å². The van der Waals surface area contributed by atoms with Gasteiger partial charge in [-0.2, -0.15) is 0 Å². The van der Waals surface area contributed by atoms with E-state index >= 15 is 0 Å². The van der Waals surface area contributed by atoms with Gasteiger partial charge in [-0.05, 0) is 42.3 Å². The highest BCUT2D eigenvalue weighted by atomic mass is 35.5. The van der Waals surface area contributed by atoms with Crippen LogP contribution in [0, 0.1) is 5.82 Å². The molecule has 2 aromatic carbocycles. The minimum Gasteiger partial charge on any atom is -0.392 e. The molecule has 1 unspecified atom stereocenters. The van der Waals surface area contributed by atoms with Crippen LogP contribution in [0.25, 0.3) is 0 Å². The Bertz CT molecular complexity index is 557. The average molecular weight is 280 g/mol. The lowest BCUT2D eigenvalue weighted by molar-refractivity contribution is 0.282. The number of aliphatic hydroxyl groups is 1. The molecule has 0 heterocycles. The number of anilines is 1. The van der Waals surface area contributed by atoms with Crippen molar-refractivity contribution in [1.29, 1.82) is 0 Å². The largest absolute Gasteiger partial charge is 0.392 e. The number of aliphatic hydroxyl groups excluding tert-OH is 1. The molecular weight excluding hydrogens is 265 g/mol. The third-order valence-corrected chi connectivity index (χ3v) is 3.25. The molecule has 2 nitrogen and oxygen atoms in total. The molecule has 0 saturated carbocycles. The van der Waals surface area contributed by atoms with E-state index in [1.165, 1.54) is 6.07 Å². The van der Waals surface area contributed by atoms with Crippen molar-refractivity contribution in [3.05, 3.63) is 64.4 Å². The van der Waals surface area contributed by atoms with Gasteiger partial charge in [0.05, 0.1) is 11.6 Å². The van der Waals surface area contributed by atoms with E-state index in [2.05, 4.69) is 5.32 Å². The van der Waals surface area contributed by atoms with E-state index in [0.717, 1.165) is 16.8 Å². The summed E-state index contributed by atoms with van der Waals surface area (Å²) >= 11 is 5.77. The summed E-state index contributed by atoms with van der Waals surface area (Å²) in [6.07, 6.45) is 0. The number of benzene rings is 2. The van der Waals surface area contributed by atoms with Crippen molar-refractivity contribution in [2.75, 3.05) is 5.32 Å². The molecule has 2 N–H and O–H groups in total. The molecule has 2 aromatic rings. The van der Waals surface area contributed by atoms with E-state index < -0.39 is 5.82 Å². The van der Waals surface area contributed by atoms with Crippen LogP contribution in [0.2, 0.25) is 5.02 Å². The van der Waals surface area contributed by atoms with Gasteiger partial charge >= 0.3 is 0 Å². The van der Waals surface area contributed by atoms with Crippen LogP contribution in [0.15, 0.2) is 42.5 Å². The van der Waals surface area contributed by atoms with Crippen molar-refractivity contribution in [3.8, 4) is 0 Å². The van der Waals surface area contributed by atoms with Gasteiger partial charge in [0.25, 0.3) is 0 Å². The van der Waals surface area contributed by atoms with Gasteiger partial charge in [-0.15, -0.1) is 0 Å². The van der Waals surface area contributed by atoms with Crippen LogP contribution in [0.3, 0.4) is 0 Å². The Morgan fingerprint density at radius 2 is 1.89 bits per heavy atom. The summed E-state index contributed by atoms with van der Waals surface area (Å²) in [6.45, 7) is 2.01. The topological polar surface area (TPSA) is 32.3 Å². The maximum atomic E-state index is 13.1. The van der Waals surface area contributed by atoms with Gasteiger partial charge in [0.2, 0.25) is 0 Å². The van der Waals surface area contributed by atoms with E-state index in [1.54, 1.807) is 12.1 Å². The first-order chi connectivity index (χ1) is 9.10. The minimum absolute atomic E-state index is 0.0121. The van der Waals surface area contributed by atoms with Gasteiger partial charge < -0.3 is 10.4 Å². The molecular formula is C15H15ClFNO. The van der Waals surface area contributed by atoms with Crippen molar-refractivity contribution in [2.24, 2.45) is 0 Å². The molecule has 0 amide bonds. The first-order valence-corrected chi connectivity index (χ1v) is 6.39. The summed E-state index contributed by atoms with van der Waals surface area (Å²) in [5.41, 5.74) is 2.71. The SMILES string of the molecule is CC(Nc1ccc(CO)cc1)c1ccc(F)c(Cl)c1. The van der Waals surface area contributed by atoms with Crippen LogP contribution >= 0.6 is 11.6 Å². The summed E-state index contributed by atoms with van der Waals surface area (Å²) in [5, 5.41) is 12.4. The second-order valence-electron chi connectivity index (χ2n) is 4.39. The van der Waals surface area contributed by atoms with Gasteiger partial charge in [-0.25, -0.2) is 4.39 Å².